The highest BCUT2D eigenvalue weighted by atomic mass is 16.5. The Morgan fingerprint density at radius 2 is 1.81 bits per heavy atom. The number of carboxylic acid groups (broad SMARTS) is 2. The maximum atomic E-state index is 9.55. The highest BCUT2D eigenvalue weighted by Crippen LogP contribution is 2.45. The Balaban J connectivity index is 0.000000349. The van der Waals surface area contributed by atoms with Gasteiger partial charge >= 0.3 is 11.9 Å². The first kappa shape index (κ1) is 25.8. The molecule has 1 atom stereocenters. The molecule has 8 heteroatoms. The van der Waals surface area contributed by atoms with Gasteiger partial charge in [-0.3, -0.25) is 0 Å². The first-order chi connectivity index (χ1) is 17.9. The van der Waals surface area contributed by atoms with E-state index in [9.17, 15) is 9.59 Å². The van der Waals surface area contributed by atoms with Gasteiger partial charge in [-0.25, -0.2) is 9.59 Å². The normalized spacial score (nSPS) is 14.3. The van der Waals surface area contributed by atoms with Gasteiger partial charge < -0.3 is 29.6 Å². The Morgan fingerprint density at radius 1 is 1.08 bits per heavy atom. The number of hydrogen-bond donors (Lipinski definition) is 3. The van der Waals surface area contributed by atoms with Crippen LogP contribution in [-0.2, 0) is 9.59 Å². The van der Waals surface area contributed by atoms with Gasteiger partial charge in [0.25, 0.3) is 0 Å². The van der Waals surface area contributed by atoms with Crippen LogP contribution in [0.25, 0.3) is 21.8 Å². The van der Waals surface area contributed by atoms with Gasteiger partial charge in [-0.15, -0.1) is 0 Å². The van der Waals surface area contributed by atoms with E-state index in [0.29, 0.717) is 25.4 Å². The summed E-state index contributed by atoms with van der Waals surface area (Å²) in [4.78, 5) is 19.1. The minimum absolute atomic E-state index is 0.142. The predicted molar refractivity (Wildman–Crippen MR) is 143 cm³/mol. The van der Waals surface area contributed by atoms with Crippen molar-refractivity contribution in [3.8, 4) is 11.5 Å². The minimum Gasteiger partial charge on any atom is -0.492 e. The Morgan fingerprint density at radius 3 is 2.49 bits per heavy atom. The molecule has 0 amide bonds. The molecule has 1 aliphatic heterocycles. The van der Waals surface area contributed by atoms with E-state index < -0.39 is 11.9 Å². The van der Waals surface area contributed by atoms with Gasteiger partial charge in [0.1, 0.15) is 24.7 Å². The van der Waals surface area contributed by atoms with Gasteiger partial charge in [-0.05, 0) is 48.9 Å². The molecule has 3 aromatic carbocycles. The molecular weight excluding hydrogens is 472 g/mol. The first-order valence-corrected chi connectivity index (χ1v) is 12.1. The second-order valence-electron chi connectivity index (χ2n) is 8.63. The molecular formula is C29H30N2O6. The summed E-state index contributed by atoms with van der Waals surface area (Å²) in [6.07, 6.45) is 1.12. The van der Waals surface area contributed by atoms with Crippen molar-refractivity contribution in [2.75, 3.05) is 26.3 Å². The summed E-state index contributed by atoms with van der Waals surface area (Å²) in [7, 11) is 0. The molecule has 4 aromatic rings. The number of hydrogen-bond acceptors (Lipinski definition) is 5. The third-order valence-electron chi connectivity index (χ3n) is 6.04. The van der Waals surface area contributed by atoms with Gasteiger partial charge in [0.15, 0.2) is 0 Å². The number of nitrogens with zero attached hydrogens (tertiary/aromatic N) is 1. The third kappa shape index (κ3) is 5.76. The summed E-state index contributed by atoms with van der Waals surface area (Å²) in [5.41, 5.74) is 4.82. The summed E-state index contributed by atoms with van der Waals surface area (Å²) >= 11 is 0. The fraction of sp³-hybridized carbons (Fsp3) is 0.241. The number of carbonyl (C=O) groups is 2. The lowest BCUT2D eigenvalue weighted by Gasteiger charge is -2.27. The monoisotopic (exact) mass is 502 g/mol. The van der Waals surface area contributed by atoms with Crippen molar-refractivity contribution in [2.45, 2.75) is 19.9 Å². The lowest BCUT2D eigenvalue weighted by atomic mass is 10.1. The number of aliphatic carboxylic acids is 2. The van der Waals surface area contributed by atoms with Crippen molar-refractivity contribution in [1.82, 2.24) is 9.88 Å². The Hall–Kier alpha value is -4.30. The highest BCUT2D eigenvalue weighted by Gasteiger charge is 2.28. The van der Waals surface area contributed by atoms with Gasteiger partial charge in [0.2, 0.25) is 0 Å². The van der Waals surface area contributed by atoms with Crippen molar-refractivity contribution in [3.05, 3.63) is 83.9 Å². The van der Waals surface area contributed by atoms with E-state index in [-0.39, 0.29) is 6.04 Å². The van der Waals surface area contributed by atoms with Crippen molar-refractivity contribution >= 4 is 33.7 Å². The topological polar surface area (TPSA) is 110 Å². The van der Waals surface area contributed by atoms with Crippen LogP contribution in [0.2, 0.25) is 0 Å². The number of aryl methyl sites for hydroxylation is 1. The summed E-state index contributed by atoms with van der Waals surface area (Å²) in [6, 6.07) is 21.5. The first-order valence-electron chi connectivity index (χ1n) is 12.1. The second-order valence-corrected chi connectivity index (χ2v) is 8.63. The van der Waals surface area contributed by atoms with Gasteiger partial charge in [0.05, 0.1) is 17.1 Å². The van der Waals surface area contributed by atoms with Crippen LogP contribution in [0.3, 0.4) is 0 Å². The molecule has 0 aliphatic carbocycles. The maximum absolute atomic E-state index is 9.55. The maximum Gasteiger partial charge on any atom is 0.328 e. The zero-order chi connectivity index (χ0) is 26.4. The molecule has 2 heterocycles. The van der Waals surface area contributed by atoms with E-state index in [0.717, 1.165) is 30.1 Å². The van der Waals surface area contributed by atoms with Gasteiger partial charge in [-0.1, -0.05) is 43.3 Å². The third-order valence-corrected chi connectivity index (χ3v) is 6.04. The van der Waals surface area contributed by atoms with Crippen LogP contribution >= 0.6 is 0 Å². The van der Waals surface area contributed by atoms with Crippen LogP contribution in [0, 0.1) is 6.92 Å². The van der Waals surface area contributed by atoms with Crippen LogP contribution in [0.15, 0.2) is 72.8 Å². The molecule has 0 fully saturated rings. The summed E-state index contributed by atoms with van der Waals surface area (Å²) < 4.78 is 14.9. The molecule has 37 heavy (non-hydrogen) atoms. The SMILES string of the molecule is CCNCCOc1cccc2c1c1cc(C)cc3c1n2C(c1ccccc1)CO3.O=C(O)C=CC(=O)O. The molecule has 0 radical (unpaired) electrons. The minimum atomic E-state index is -1.26. The second kappa shape index (κ2) is 11.6. The van der Waals surface area contributed by atoms with Gasteiger partial charge in [0, 0.05) is 29.5 Å². The number of carboxylic acids is 2. The number of rotatable bonds is 8. The number of fused-ring (bicyclic) bond motifs is 3. The Kier molecular flexibility index (Phi) is 8.10. The number of aromatic nitrogens is 1. The van der Waals surface area contributed by atoms with Crippen molar-refractivity contribution < 1.29 is 29.3 Å². The van der Waals surface area contributed by atoms with Crippen LogP contribution in [0.4, 0.5) is 0 Å². The van der Waals surface area contributed by atoms with E-state index in [4.69, 9.17) is 19.7 Å². The molecule has 1 aliphatic rings. The fourth-order valence-electron chi connectivity index (χ4n) is 4.57. The van der Waals surface area contributed by atoms with E-state index in [1.807, 2.05) is 0 Å². The lowest BCUT2D eigenvalue weighted by molar-refractivity contribution is -0.134. The molecule has 3 N–H and O–H groups in total. The molecule has 1 aromatic heterocycles. The van der Waals surface area contributed by atoms with E-state index >= 15 is 0 Å². The number of nitrogens with one attached hydrogen (secondary N) is 1. The molecule has 0 saturated carbocycles. The predicted octanol–water partition coefficient (Wildman–Crippen LogP) is 4.78. The van der Waals surface area contributed by atoms with Crippen LogP contribution < -0.4 is 14.8 Å². The number of likely N-dealkylation sites (N-methyl/N-ethyl adjacent to an activating group) is 1. The van der Waals surface area contributed by atoms with Crippen LogP contribution in [0.1, 0.15) is 24.1 Å². The molecule has 0 saturated heterocycles. The Bertz CT molecular complexity index is 1430. The smallest absolute Gasteiger partial charge is 0.328 e. The van der Waals surface area contributed by atoms with Crippen molar-refractivity contribution in [1.29, 1.82) is 0 Å². The van der Waals surface area contributed by atoms with Crippen molar-refractivity contribution in [3.63, 3.8) is 0 Å². The van der Waals surface area contributed by atoms with Crippen LogP contribution in [0.5, 0.6) is 11.5 Å². The number of ether oxygens (including phenoxy) is 2. The largest absolute Gasteiger partial charge is 0.492 e. The zero-order valence-corrected chi connectivity index (χ0v) is 20.8. The zero-order valence-electron chi connectivity index (χ0n) is 20.8. The summed E-state index contributed by atoms with van der Waals surface area (Å²) in [5, 5.41) is 21.3. The standard InChI is InChI=1S/C25H26N2O2.C4H4O4/c1-3-26-12-13-28-22-11-7-10-20-24(22)19-14-17(2)15-23-25(19)27(20)21(16-29-23)18-8-5-4-6-9-18;5-3(6)1-2-4(7)8/h4-11,14-15,21,26H,3,12-13,16H2,1-2H3;1-2H,(H,5,6)(H,7,8). The van der Waals surface area contributed by atoms with Crippen molar-refractivity contribution in [2.24, 2.45) is 0 Å². The highest BCUT2D eigenvalue weighted by molar-refractivity contribution is 6.13. The molecule has 5 rings (SSSR count). The van der Waals surface area contributed by atoms with E-state index in [1.54, 1.807) is 0 Å². The van der Waals surface area contributed by atoms with Crippen LogP contribution in [-0.4, -0.2) is 53.0 Å². The molecule has 0 spiro atoms. The Labute approximate surface area is 214 Å². The lowest BCUT2D eigenvalue weighted by Crippen LogP contribution is -2.22. The average molecular weight is 503 g/mol. The fourth-order valence-corrected chi connectivity index (χ4v) is 4.57. The molecule has 8 nitrogen and oxygen atoms in total. The molecule has 192 valence electrons. The molecule has 1 unspecified atom stereocenters. The van der Waals surface area contributed by atoms with E-state index in [2.05, 4.69) is 84.4 Å². The summed E-state index contributed by atoms with van der Waals surface area (Å²) in [6.45, 7) is 7.30. The van der Waals surface area contributed by atoms with E-state index in [1.165, 1.54) is 27.4 Å². The quantitative estimate of drug-likeness (QED) is 0.235. The van der Waals surface area contributed by atoms with Gasteiger partial charge in [-0.2, -0.15) is 0 Å². The average Bonchev–Trinajstić information content (AvgIpc) is 3.22. The molecule has 0 bridgehead atoms. The number of benzene rings is 3. The summed E-state index contributed by atoms with van der Waals surface area (Å²) in [5.74, 6) is -0.615.